The van der Waals surface area contributed by atoms with Crippen molar-refractivity contribution in [3.8, 4) is 0 Å². The minimum Gasteiger partial charge on any atom is -0.481 e. The monoisotopic (exact) mass is 981 g/mol. The predicted octanol–water partition coefficient (Wildman–Crippen LogP) is -2.34. The van der Waals surface area contributed by atoms with Gasteiger partial charge in [-0.3, -0.25) is 47.9 Å². The number of imidazole rings is 1. The lowest BCUT2D eigenvalue weighted by atomic mass is 10.0. The van der Waals surface area contributed by atoms with Gasteiger partial charge in [-0.1, -0.05) is 44.2 Å². The summed E-state index contributed by atoms with van der Waals surface area (Å²) in [6.07, 6.45) is 0.751. The highest BCUT2D eigenvalue weighted by molar-refractivity contribution is 5.98. The number of benzene rings is 1. The lowest BCUT2D eigenvalue weighted by Gasteiger charge is -2.31. The van der Waals surface area contributed by atoms with Crippen molar-refractivity contribution in [2.45, 2.75) is 139 Å². The molecule has 3 heterocycles. The first-order valence-electron chi connectivity index (χ1n) is 23.0. The van der Waals surface area contributed by atoms with E-state index in [1.54, 1.807) is 44.2 Å². The van der Waals surface area contributed by atoms with Crippen molar-refractivity contribution in [1.29, 1.82) is 0 Å². The van der Waals surface area contributed by atoms with E-state index in [0.717, 1.165) is 9.80 Å². The van der Waals surface area contributed by atoms with Crippen molar-refractivity contribution in [2.75, 3.05) is 13.1 Å². The molecule has 0 aliphatic carbocycles. The number of carboxylic acids is 3. The largest absolute Gasteiger partial charge is 0.481 e. The zero-order valence-electron chi connectivity index (χ0n) is 39.0. The number of nitrogens with zero attached hydrogens (tertiary/aromatic N) is 3. The van der Waals surface area contributed by atoms with E-state index < -0.39 is 146 Å². The molecule has 13 N–H and O–H groups in total. The molecule has 25 nitrogen and oxygen atoms in total. The van der Waals surface area contributed by atoms with Gasteiger partial charge in [0, 0.05) is 50.7 Å². The molecular weight excluding hydrogens is 919 g/mol. The number of carbonyl (C=O) groups excluding carboxylic acids is 8. The Bertz CT molecular complexity index is 2210. The molecule has 0 bridgehead atoms. The summed E-state index contributed by atoms with van der Waals surface area (Å²) in [5.74, 6) is -10.9. The van der Waals surface area contributed by atoms with Crippen LogP contribution in [0.5, 0.6) is 0 Å². The number of nitrogens with two attached hydrogens (primary N) is 2. The fraction of sp³-hybridized carbons (Fsp3) is 0.556. The zero-order chi connectivity index (χ0) is 51.7. The van der Waals surface area contributed by atoms with Gasteiger partial charge < -0.3 is 68.2 Å². The summed E-state index contributed by atoms with van der Waals surface area (Å²) >= 11 is 0. The Labute approximate surface area is 402 Å². The van der Waals surface area contributed by atoms with E-state index in [2.05, 4.69) is 36.6 Å². The minimum absolute atomic E-state index is 0.0321. The topological polar surface area (TPSA) is 396 Å². The maximum atomic E-state index is 14.2. The van der Waals surface area contributed by atoms with Crippen LogP contribution in [0, 0.1) is 5.92 Å². The molecule has 0 saturated carbocycles. The second-order valence-electron chi connectivity index (χ2n) is 17.8. The maximum Gasteiger partial charge on any atom is 0.326 e. The van der Waals surface area contributed by atoms with E-state index in [1.807, 2.05) is 0 Å². The zero-order valence-corrected chi connectivity index (χ0v) is 39.0. The van der Waals surface area contributed by atoms with Gasteiger partial charge in [0.2, 0.25) is 47.3 Å². The van der Waals surface area contributed by atoms with Crippen LogP contribution in [0.15, 0.2) is 42.9 Å². The van der Waals surface area contributed by atoms with Crippen molar-refractivity contribution in [3.63, 3.8) is 0 Å². The van der Waals surface area contributed by atoms with Crippen LogP contribution in [0.25, 0.3) is 0 Å². The summed E-state index contributed by atoms with van der Waals surface area (Å²) in [7, 11) is 0. The molecule has 8 amide bonds. The summed E-state index contributed by atoms with van der Waals surface area (Å²) < 4.78 is 0. The number of amides is 8. The van der Waals surface area contributed by atoms with Crippen LogP contribution < -0.4 is 38.1 Å². The first-order valence-corrected chi connectivity index (χ1v) is 23.0. The van der Waals surface area contributed by atoms with E-state index in [9.17, 15) is 68.1 Å². The number of aromatic nitrogens is 2. The molecule has 2 saturated heterocycles. The van der Waals surface area contributed by atoms with Gasteiger partial charge in [-0.25, -0.2) is 9.78 Å². The molecule has 2 aliphatic rings. The Morgan fingerprint density at radius 2 is 1.19 bits per heavy atom. The SMILES string of the molecule is CC(C)C[C@H](NC(=O)[C@H](Cc1cnc[nH]1)NC(=O)[C@H](Cc1ccccc1)NC(=O)[C@H](CCC(=O)O)NC(=O)[C@@H]1CCCN1C(=O)[C@H](CCC(=O)O)NC(=O)[C@@H]1CCCN1C(=O)[C@@H](N)CC(N)=O)C(=O)O. The summed E-state index contributed by atoms with van der Waals surface area (Å²) in [5, 5.41) is 41.7. The second kappa shape index (κ2) is 26.4. The molecule has 382 valence electrons. The standard InChI is InChI=1S/C45H63N11O14/c1-24(2)18-32(45(69)70)54-40(64)31(20-26-22-48-23-49-26)53-39(63)30(19-25-8-4-3-5-9-25)52-38(62)28(12-14-36(58)59)50-41(65)34-11-7-17-56(34)44(68)29(13-15-37(60)61)51-42(66)33-10-6-16-55(33)43(67)27(46)21-35(47)57/h3-5,8-9,22-24,27-34H,6-7,10-21,46H2,1-2H3,(H2,47,57)(H,48,49)(H,50,65)(H,51,66)(H,52,62)(H,53,63)(H,54,64)(H,58,59)(H,60,61)(H,69,70)/t27-,28-,29-,30-,31-,32-,33-,34-/m0/s1. The fourth-order valence-electron chi connectivity index (χ4n) is 8.32. The molecule has 0 unspecified atom stereocenters. The molecule has 2 aliphatic heterocycles. The molecule has 2 fully saturated rings. The first-order chi connectivity index (χ1) is 33.1. The van der Waals surface area contributed by atoms with Gasteiger partial charge in [0.1, 0.15) is 42.3 Å². The predicted molar refractivity (Wildman–Crippen MR) is 244 cm³/mol. The van der Waals surface area contributed by atoms with Crippen LogP contribution in [0.3, 0.4) is 0 Å². The molecule has 0 radical (unpaired) electrons. The highest BCUT2D eigenvalue weighted by Gasteiger charge is 2.42. The van der Waals surface area contributed by atoms with Crippen LogP contribution in [0.2, 0.25) is 0 Å². The minimum atomic E-state index is -1.61. The highest BCUT2D eigenvalue weighted by atomic mass is 16.4. The fourth-order valence-corrected chi connectivity index (χ4v) is 8.32. The van der Waals surface area contributed by atoms with Crippen molar-refractivity contribution in [1.82, 2.24) is 46.4 Å². The Hall–Kier alpha value is -7.44. The number of hydrogen-bond acceptors (Lipinski definition) is 13. The number of primary amides is 1. The number of H-pyrrole nitrogens is 1. The number of rotatable bonds is 27. The van der Waals surface area contributed by atoms with Crippen LogP contribution in [-0.4, -0.2) is 162 Å². The lowest BCUT2D eigenvalue weighted by Crippen LogP contribution is -2.60. The molecule has 1 aromatic heterocycles. The number of aromatic amines is 1. The van der Waals surface area contributed by atoms with Gasteiger partial charge in [0.05, 0.1) is 18.8 Å². The summed E-state index contributed by atoms with van der Waals surface area (Å²) in [5.41, 5.74) is 12.0. The number of carbonyl (C=O) groups is 11. The van der Waals surface area contributed by atoms with Gasteiger partial charge in [-0.05, 0) is 56.4 Å². The average Bonchev–Trinajstić information content (AvgIpc) is 4.11. The molecule has 25 heteroatoms. The van der Waals surface area contributed by atoms with Crippen LogP contribution in [0.1, 0.15) is 89.3 Å². The molecule has 70 heavy (non-hydrogen) atoms. The van der Waals surface area contributed by atoms with Crippen molar-refractivity contribution < 1.29 is 68.1 Å². The van der Waals surface area contributed by atoms with Crippen LogP contribution in [0.4, 0.5) is 0 Å². The average molecular weight is 982 g/mol. The van der Waals surface area contributed by atoms with Crippen molar-refractivity contribution in [2.24, 2.45) is 17.4 Å². The Morgan fingerprint density at radius 3 is 1.69 bits per heavy atom. The Kier molecular flexibility index (Phi) is 20.8. The normalized spacial score (nSPS) is 18.1. The lowest BCUT2D eigenvalue weighted by molar-refractivity contribution is -0.145. The van der Waals surface area contributed by atoms with Gasteiger partial charge in [-0.15, -0.1) is 0 Å². The van der Waals surface area contributed by atoms with Crippen LogP contribution >= 0.6 is 0 Å². The third-order valence-corrected chi connectivity index (χ3v) is 11.8. The van der Waals surface area contributed by atoms with E-state index >= 15 is 0 Å². The third kappa shape index (κ3) is 16.7. The van der Waals surface area contributed by atoms with Gasteiger partial charge in [0.25, 0.3) is 0 Å². The van der Waals surface area contributed by atoms with E-state index in [4.69, 9.17) is 11.5 Å². The number of aliphatic carboxylic acids is 3. The van der Waals surface area contributed by atoms with Crippen LogP contribution in [-0.2, 0) is 65.6 Å². The van der Waals surface area contributed by atoms with Gasteiger partial charge in [-0.2, -0.15) is 0 Å². The number of carboxylic acid groups (broad SMARTS) is 3. The first kappa shape index (κ1) is 55.2. The second-order valence-corrected chi connectivity index (χ2v) is 17.8. The van der Waals surface area contributed by atoms with Crippen molar-refractivity contribution >= 4 is 65.2 Å². The number of likely N-dealkylation sites (tertiary alicyclic amines) is 2. The van der Waals surface area contributed by atoms with Gasteiger partial charge >= 0.3 is 17.9 Å². The molecular formula is C45H63N11O14. The summed E-state index contributed by atoms with van der Waals surface area (Å²) in [4.78, 5) is 153. The van der Waals surface area contributed by atoms with Crippen molar-refractivity contribution in [3.05, 3.63) is 54.1 Å². The summed E-state index contributed by atoms with van der Waals surface area (Å²) in [6, 6.07) is -2.60. The Balaban J connectivity index is 1.56. The number of nitrogens with one attached hydrogen (secondary N) is 6. The molecule has 8 atom stereocenters. The van der Waals surface area contributed by atoms with E-state index in [1.165, 1.54) is 12.5 Å². The highest BCUT2D eigenvalue weighted by Crippen LogP contribution is 2.23. The Morgan fingerprint density at radius 1 is 0.686 bits per heavy atom. The number of hydrogen-bond donors (Lipinski definition) is 11. The molecule has 1 aromatic carbocycles. The third-order valence-electron chi connectivity index (χ3n) is 11.8. The summed E-state index contributed by atoms with van der Waals surface area (Å²) in [6.45, 7) is 3.62. The van der Waals surface area contributed by atoms with E-state index in [-0.39, 0.29) is 57.5 Å². The molecule has 4 rings (SSSR count). The molecule has 2 aromatic rings. The maximum absolute atomic E-state index is 14.2. The quantitative estimate of drug-likeness (QED) is 0.0447. The smallest absolute Gasteiger partial charge is 0.326 e. The van der Waals surface area contributed by atoms with E-state index in [0.29, 0.717) is 17.7 Å². The molecule has 0 spiro atoms. The van der Waals surface area contributed by atoms with Gasteiger partial charge in [0.15, 0.2) is 0 Å².